The summed E-state index contributed by atoms with van der Waals surface area (Å²) in [4.78, 5) is 0. The van der Waals surface area contributed by atoms with Gasteiger partial charge in [-0.1, -0.05) is 28.1 Å². The summed E-state index contributed by atoms with van der Waals surface area (Å²) in [5.74, 6) is -9.21. The average molecular weight is 297 g/mol. The SMILES string of the molecule is FC1(F)CCC(c2ccc(Br)cc2)C1(F)F. The van der Waals surface area contributed by atoms with E-state index in [2.05, 4.69) is 15.9 Å². The molecule has 1 saturated carbocycles. The second kappa shape index (κ2) is 3.72. The zero-order valence-corrected chi connectivity index (χ0v) is 9.78. The van der Waals surface area contributed by atoms with E-state index in [1.54, 1.807) is 12.1 Å². The highest BCUT2D eigenvalue weighted by Gasteiger charge is 2.65. The Morgan fingerprint density at radius 1 is 1.06 bits per heavy atom. The molecule has 0 aromatic heterocycles. The molecule has 0 spiro atoms. The highest BCUT2D eigenvalue weighted by Crippen LogP contribution is 2.55. The minimum absolute atomic E-state index is 0.179. The van der Waals surface area contributed by atoms with Crippen molar-refractivity contribution < 1.29 is 17.6 Å². The van der Waals surface area contributed by atoms with Gasteiger partial charge in [0.1, 0.15) is 0 Å². The first-order chi connectivity index (χ1) is 7.34. The summed E-state index contributed by atoms with van der Waals surface area (Å²) in [6.45, 7) is 0. The topological polar surface area (TPSA) is 0 Å². The number of benzene rings is 1. The highest BCUT2D eigenvalue weighted by atomic mass is 79.9. The first-order valence-electron chi connectivity index (χ1n) is 4.86. The second-order valence-electron chi connectivity index (χ2n) is 3.97. The molecule has 0 amide bonds. The standard InChI is InChI=1S/C11H9BrF4/c12-8-3-1-7(2-4-8)9-5-6-10(13,14)11(9,15)16/h1-4,9H,5-6H2. The van der Waals surface area contributed by atoms with Crippen LogP contribution < -0.4 is 0 Å². The predicted octanol–water partition coefficient (Wildman–Crippen LogP) is 4.60. The quantitative estimate of drug-likeness (QED) is 0.665. The van der Waals surface area contributed by atoms with Gasteiger partial charge in [-0.3, -0.25) is 0 Å². The molecule has 0 aliphatic heterocycles. The first kappa shape index (κ1) is 11.9. The molecule has 0 saturated heterocycles. The van der Waals surface area contributed by atoms with Crippen LogP contribution in [-0.4, -0.2) is 11.8 Å². The Hall–Kier alpha value is -0.580. The minimum atomic E-state index is -3.94. The molecule has 1 aliphatic rings. The number of hydrogen-bond acceptors (Lipinski definition) is 0. The molecular weight excluding hydrogens is 288 g/mol. The van der Waals surface area contributed by atoms with E-state index in [1.165, 1.54) is 12.1 Å². The fourth-order valence-corrected chi connectivity index (χ4v) is 2.26. The van der Waals surface area contributed by atoms with E-state index in [0.29, 0.717) is 0 Å². The van der Waals surface area contributed by atoms with Gasteiger partial charge in [-0.05, 0) is 24.1 Å². The first-order valence-corrected chi connectivity index (χ1v) is 5.65. The summed E-state index contributed by atoms with van der Waals surface area (Å²) in [6.07, 6.45) is -0.928. The zero-order chi connectivity index (χ0) is 12.0. The molecule has 0 heterocycles. The maximum absolute atomic E-state index is 13.4. The third-order valence-corrected chi connectivity index (χ3v) is 3.47. The molecule has 16 heavy (non-hydrogen) atoms. The van der Waals surface area contributed by atoms with Crippen molar-refractivity contribution in [3.05, 3.63) is 34.3 Å². The van der Waals surface area contributed by atoms with Crippen LogP contribution in [0.1, 0.15) is 24.3 Å². The molecule has 2 rings (SSSR count). The zero-order valence-electron chi connectivity index (χ0n) is 8.19. The Morgan fingerprint density at radius 2 is 1.62 bits per heavy atom. The largest absolute Gasteiger partial charge is 0.316 e. The maximum Gasteiger partial charge on any atom is 0.316 e. The van der Waals surface area contributed by atoms with Gasteiger partial charge >= 0.3 is 11.8 Å². The molecule has 1 fully saturated rings. The van der Waals surface area contributed by atoms with E-state index < -0.39 is 24.2 Å². The van der Waals surface area contributed by atoms with Crippen LogP contribution in [0.25, 0.3) is 0 Å². The Morgan fingerprint density at radius 3 is 2.06 bits per heavy atom. The molecule has 0 radical (unpaired) electrons. The van der Waals surface area contributed by atoms with Crippen LogP contribution in [-0.2, 0) is 0 Å². The molecule has 1 aromatic carbocycles. The third-order valence-electron chi connectivity index (χ3n) is 2.94. The van der Waals surface area contributed by atoms with Crippen LogP contribution in [0.2, 0.25) is 0 Å². The van der Waals surface area contributed by atoms with E-state index in [4.69, 9.17) is 0 Å². The van der Waals surface area contributed by atoms with Gasteiger partial charge in [0.05, 0.1) is 5.92 Å². The third kappa shape index (κ3) is 1.75. The maximum atomic E-state index is 13.4. The van der Waals surface area contributed by atoms with Gasteiger partial charge in [0, 0.05) is 10.9 Å². The minimum Gasteiger partial charge on any atom is -0.200 e. The number of alkyl halides is 4. The van der Waals surface area contributed by atoms with Gasteiger partial charge in [0.2, 0.25) is 0 Å². The van der Waals surface area contributed by atoms with E-state index in [0.717, 1.165) is 4.47 Å². The van der Waals surface area contributed by atoms with Crippen LogP contribution in [0.15, 0.2) is 28.7 Å². The molecule has 1 unspecified atom stereocenters. The second-order valence-corrected chi connectivity index (χ2v) is 4.89. The van der Waals surface area contributed by atoms with Crippen molar-refractivity contribution in [3.8, 4) is 0 Å². The van der Waals surface area contributed by atoms with Crippen LogP contribution in [0.4, 0.5) is 17.6 Å². The Bertz CT molecular complexity index is 385. The van der Waals surface area contributed by atoms with E-state index in [9.17, 15) is 17.6 Å². The van der Waals surface area contributed by atoms with Crippen molar-refractivity contribution in [2.24, 2.45) is 0 Å². The summed E-state index contributed by atoms with van der Waals surface area (Å²) in [5, 5.41) is 0. The van der Waals surface area contributed by atoms with Gasteiger partial charge in [-0.2, -0.15) is 17.6 Å². The lowest BCUT2D eigenvalue weighted by atomic mass is 9.94. The molecule has 0 nitrogen and oxygen atoms in total. The number of rotatable bonds is 1. The monoisotopic (exact) mass is 296 g/mol. The summed E-state index contributed by atoms with van der Waals surface area (Å²) in [6, 6.07) is 6.10. The van der Waals surface area contributed by atoms with Crippen LogP contribution >= 0.6 is 15.9 Å². The van der Waals surface area contributed by atoms with E-state index >= 15 is 0 Å². The van der Waals surface area contributed by atoms with Gasteiger partial charge in [0.15, 0.2) is 0 Å². The summed E-state index contributed by atoms with van der Waals surface area (Å²) >= 11 is 3.17. The summed E-state index contributed by atoms with van der Waals surface area (Å²) < 4.78 is 53.5. The summed E-state index contributed by atoms with van der Waals surface area (Å²) in [7, 11) is 0. The smallest absolute Gasteiger partial charge is 0.200 e. The lowest BCUT2D eigenvalue weighted by Gasteiger charge is -2.24. The molecule has 1 atom stereocenters. The van der Waals surface area contributed by atoms with Crippen molar-refractivity contribution >= 4 is 15.9 Å². The van der Waals surface area contributed by atoms with Crippen molar-refractivity contribution in [1.29, 1.82) is 0 Å². The van der Waals surface area contributed by atoms with E-state index in [1.807, 2.05) is 0 Å². The molecule has 88 valence electrons. The van der Waals surface area contributed by atoms with Gasteiger partial charge < -0.3 is 0 Å². The Kier molecular flexibility index (Phi) is 2.77. The normalized spacial score (nSPS) is 26.9. The summed E-state index contributed by atoms with van der Waals surface area (Å²) in [5.41, 5.74) is 0.269. The van der Waals surface area contributed by atoms with E-state index in [-0.39, 0.29) is 12.0 Å². The Balaban J connectivity index is 2.33. The van der Waals surface area contributed by atoms with Crippen molar-refractivity contribution in [3.63, 3.8) is 0 Å². The molecule has 0 N–H and O–H groups in total. The van der Waals surface area contributed by atoms with Crippen LogP contribution in [0, 0.1) is 0 Å². The lowest BCUT2D eigenvalue weighted by Crippen LogP contribution is -2.38. The number of halogens is 5. The molecule has 1 aliphatic carbocycles. The Labute approximate surface area is 98.8 Å². The molecular formula is C11H9BrF4. The van der Waals surface area contributed by atoms with Crippen molar-refractivity contribution in [2.75, 3.05) is 0 Å². The van der Waals surface area contributed by atoms with Gasteiger partial charge in [-0.15, -0.1) is 0 Å². The molecule has 1 aromatic rings. The fourth-order valence-electron chi connectivity index (χ4n) is 2.00. The van der Waals surface area contributed by atoms with Crippen LogP contribution in [0.3, 0.4) is 0 Å². The molecule has 5 heteroatoms. The highest BCUT2D eigenvalue weighted by molar-refractivity contribution is 9.10. The van der Waals surface area contributed by atoms with Crippen LogP contribution in [0.5, 0.6) is 0 Å². The lowest BCUT2D eigenvalue weighted by molar-refractivity contribution is -0.193. The average Bonchev–Trinajstić information content (AvgIpc) is 2.40. The number of hydrogen-bond donors (Lipinski definition) is 0. The molecule has 0 bridgehead atoms. The van der Waals surface area contributed by atoms with Crippen molar-refractivity contribution in [1.82, 2.24) is 0 Å². The van der Waals surface area contributed by atoms with Gasteiger partial charge in [0.25, 0.3) is 0 Å². The van der Waals surface area contributed by atoms with Crippen molar-refractivity contribution in [2.45, 2.75) is 30.6 Å². The fraction of sp³-hybridized carbons (Fsp3) is 0.455. The predicted molar refractivity (Wildman–Crippen MR) is 56.0 cm³/mol. The van der Waals surface area contributed by atoms with Gasteiger partial charge in [-0.25, -0.2) is 0 Å².